The van der Waals surface area contributed by atoms with Gasteiger partial charge in [0.1, 0.15) is 0 Å². The van der Waals surface area contributed by atoms with Gasteiger partial charge in [0.15, 0.2) is 4.34 Å². The van der Waals surface area contributed by atoms with E-state index >= 15 is 0 Å². The minimum Gasteiger partial charge on any atom is -0.329 e. The molecule has 0 saturated carbocycles. The number of thiazole rings is 1. The maximum absolute atomic E-state index is 5.90. The van der Waals surface area contributed by atoms with E-state index in [1.54, 1.807) is 34.4 Å². The molecule has 0 aliphatic carbocycles. The summed E-state index contributed by atoms with van der Waals surface area (Å²) >= 11 is 8.72. The summed E-state index contributed by atoms with van der Waals surface area (Å²) in [4.78, 5) is 5.94. The van der Waals surface area contributed by atoms with E-state index in [1.807, 2.05) is 12.1 Å². The van der Waals surface area contributed by atoms with Crippen LogP contribution >= 0.6 is 50.4 Å². The third kappa shape index (κ3) is 3.03. The van der Waals surface area contributed by atoms with Crippen molar-refractivity contribution in [2.24, 2.45) is 5.73 Å². The fraction of sp³-hybridized carbons (Fsp3) is 0.154. The van der Waals surface area contributed by atoms with Crippen LogP contribution in [0.4, 0.5) is 0 Å². The summed E-state index contributed by atoms with van der Waals surface area (Å²) in [7, 11) is 0. The number of rotatable bonds is 4. The molecule has 0 saturated heterocycles. The molecule has 0 aliphatic heterocycles. The Morgan fingerprint density at radius 1 is 1.21 bits per heavy atom. The molecule has 2 N–H and O–H groups in total. The Morgan fingerprint density at radius 2 is 2.05 bits per heavy atom. The molecular formula is C13H11BrN2S3. The fourth-order valence-electron chi connectivity index (χ4n) is 1.75. The highest BCUT2D eigenvalue weighted by Crippen LogP contribution is 2.41. The Bertz CT molecular complexity index is 659. The monoisotopic (exact) mass is 370 g/mol. The molecule has 6 heteroatoms. The predicted molar refractivity (Wildman–Crippen MR) is 89.3 cm³/mol. The van der Waals surface area contributed by atoms with Gasteiger partial charge in [-0.15, -0.1) is 22.7 Å². The average molecular weight is 371 g/mol. The van der Waals surface area contributed by atoms with E-state index in [2.05, 4.69) is 45.2 Å². The molecule has 0 bridgehead atoms. The highest BCUT2D eigenvalue weighted by molar-refractivity contribution is 9.11. The lowest BCUT2D eigenvalue weighted by atomic mass is 10.3. The molecule has 2 aromatic heterocycles. The van der Waals surface area contributed by atoms with Crippen molar-refractivity contribution in [2.75, 3.05) is 6.54 Å². The molecular weight excluding hydrogens is 360 g/mol. The lowest BCUT2D eigenvalue weighted by Crippen LogP contribution is -2.07. The Kier molecular flexibility index (Phi) is 4.24. The molecule has 1 aromatic carbocycles. The molecule has 2 nitrogen and oxygen atoms in total. The number of aromatic nitrogens is 1. The van der Waals surface area contributed by atoms with Gasteiger partial charge in [-0.1, -0.05) is 23.9 Å². The van der Waals surface area contributed by atoms with Gasteiger partial charge in [0.05, 0.1) is 19.3 Å². The SMILES string of the molecule is NCC(Sc1nc2ccccc2s1)c1ccc(Br)s1. The molecule has 0 aliphatic rings. The topological polar surface area (TPSA) is 38.9 Å². The second-order valence-electron chi connectivity index (χ2n) is 3.93. The van der Waals surface area contributed by atoms with Gasteiger partial charge in [-0.05, 0) is 40.2 Å². The lowest BCUT2D eigenvalue weighted by molar-refractivity contribution is 0.959. The molecule has 0 radical (unpaired) electrons. The van der Waals surface area contributed by atoms with Crippen molar-refractivity contribution >= 4 is 60.6 Å². The first kappa shape index (κ1) is 13.6. The summed E-state index contributed by atoms with van der Waals surface area (Å²) in [5, 5.41) is 0.275. The van der Waals surface area contributed by atoms with E-state index < -0.39 is 0 Å². The molecule has 0 amide bonds. The molecule has 19 heavy (non-hydrogen) atoms. The Balaban J connectivity index is 1.86. The van der Waals surface area contributed by atoms with E-state index in [-0.39, 0.29) is 5.25 Å². The lowest BCUT2D eigenvalue weighted by Gasteiger charge is -2.09. The summed E-state index contributed by atoms with van der Waals surface area (Å²) in [6.07, 6.45) is 0. The van der Waals surface area contributed by atoms with Crippen LogP contribution in [0.2, 0.25) is 0 Å². The van der Waals surface area contributed by atoms with Crippen molar-refractivity contribution in [1.82, 2.24) is 4.98 Å². The zero-order valence-corrected chi connectivity index (χ0v) is 13.9. The number of fused-ring (bicyclic) bond motifs is 1. The third-order valence-electron chi connectivity index (χ3n) is 2.64. The van der Waals surface area contributed by atoms with Crippen molar-refractivity contribution in [3.8, 4) is 0 Å². The highest BCUT2D eigenvalue weighted by atomic mass is 79.9. The summed E-state index contributed by atoms with van der Waals surface area (Å²) < 4.78 is 3.46. The first-order valence-electron chi connectivity index (χ1n) is 5.74. The maximum atomic E-state index is 5.90. The zero-order chi connectivity index (χ0) is 13.2. The van der Waals surface area contributed by atoms with E-state index in [0.29, 0.717) is 6.54 Å². The van der Waals surface area contributed by atoms with Crippen LogP contribution < -0.4 is 5.73 Å². The van der Waals surface area contributed by atoms with Crippen molar-refractivity contribution in [2.45, 2.75) is 9.59 Å². The summed E-state index contributed by atoms with van der Waals surface area (Å²) in [5.74, 6) is 0. The van der Waals surface area contributed by atoms with Gasteiger partial charge in [0.2, 0.25) is 0 Å². The number of thioether (sulfide) groups is 1. The molecule has 0 spiro atoms. The Labute approximate surface area is 132 Å². The van der Waals surface area contributed by atoms with Crippen LogP contribution in [0.15, 0.2) is 44.5 Å². The standard InChI is InChI=1S/C13H11BrN2S3/c14-12-6-5-10(17-12)11(7-15)19-13-16-8-3-1-2-4-9(8)18-13/h1-6,11H,7,15H2. The van der Waals surface area contributed by atoms with Gasteiger partial charge < -0.3 is 5.73 Å². The van der Waals surface area contributed by atoms with E-state index in [9.17, 15) is 0 Å². The van der Waals surface area contributed by atoms with Crippen LogP contribution in [-0.4, -0.2) is 11.5 Å². The van der Waals surface area contributed by atoms with Crippen molar-refractivity contribution in [3.63, 3.8) is 0 Å². The number of para-hydroxylation sites is 1. The predicted octanol–water partition coefficient (Wildman–Crippen LogP) is 4.91. The number of nitrogens with zero attached hydrogens (tertiary/aromatic N) is 1. The first-order chi connectivity index (χ1) is 9.26. The van der Waals surface area contributed by atoms with Crippen LogP contribution in [0.25, 0.3) is 10.2 Å². The summed E-state index contributed by atoms with van der Waals surface area (Å²) in [6.45, 7) is 0.619. The molecule has 0 fully saturated rings. The summed E-state index contributed by atoms with van der Waals surface area (Å²) in [5.41, 5.74) is 6.97. The molecule has 2 heterocycles. The van der Waals surface area contributed by atoms with Crippen molar-refractivity contribution in [1.29, 1.82) is 0 Å². The number of benzene rings is 1. The molecule has 3 aromatic rings. The summed E-state index contributed by atoms with van der Waals surface area (Å²) in [6, 6.07) is 12.4. The average Bonchev–Trinajstić information content (AvgIpc) is 3.01. The quantitative estimate of drug-likeness (QED) is 0.662. The Morgan fingerprint density at radius 3 is 2.74 bits per heavy atom. The Hall–Kier alpha value is -0.400. The van der Waals surface area contributed by atoms with Crippen molar-refractivity contribution in [3.05, 3.63) is 45.1 Å². The molecule has 3 rings (SSSR count). The van der Waals surface area contributed by atoms with Gasteiger partial charge in [-0.3, -0.25) is 0 Å². The van der Waals surface area contributed by atoms with E-state index in [0.717, 1.165) is 13.6 Å². The number of nitrogens with two attached hydrogens (primary N) is 1. The van der Waals surface area contributed by atoms with E-state index in [4.69, 9.17) is 5.73 Å². The second-order valence-corrected chi connectivity index (χ2v) is 8.91. The van der Waals surface area contributed by atoms with Gasteiger partial charge in [-0.2, -0.15) is 0 Å². The van der Waals surface area contributed by atoms with Gasteiger partial charge >= 0.3 is 0 Å². The molecule has 1 atom stereocenters. The van der Waals surface area contributed by atoms with Gasteiger partial charge in [0.25, 0.3) is 0 Å². The van der Waals surface area contributed by atoms with Crippen LogP contribution in [0.5, 0.6) is 0 Å². The van der Waals surface area contributed by atoms with Crippen LogP contribution in [0, 0.1) is 0 Å². The van der Waals surface area contributed by atoms with Crippen molar-refractivity contribution < 1.29 is 0 Å². The number of hydrogen-bond acceptors (Lipinski definition) is 5. The van der Waals surface area contributed by atoms with Crippen LogP contribution in [0.1, 0.15) is 10.1 Å². The zero-order valence-electron chi connectivity index (χ0n) is 9.88. The number of hydrogen-bond donors (Lipinski definition) is 1. The maximum Gasteiger partial charge on any atom is 0.151 e. The van der Waals surface area contributed by atoms with Gasteiger partial charge in [-0.25, -0.2) is 4.98 Å². The first-order valence-corrected chi connectivity index (χ1v) is 9.04. The number of halogens is 1. The largest absolute Gasteiger partial charge is 0.329 e. The molecule has 98 valence electrons. The second kappa shape index (κ2) is 5.93. The van der Waals surface area contributed by atoms with Gasteiger partial charge in [0, 0.05) is 11.4 Å². The van der Waals surface area contributed by atoms with Crippen LogP contribution in [-0.2, 0) is 0 Å². The smallest absolute Gasteiger partial charge is 0.151 e. The third-order valence-corrected chi connectivity index (χ3v) is 6.92. The normalized spacial score (nSPS) is 12.9. The van der Waals surface area contributed by atoms with E-state index in [1.165, 1.54) is 9.58 Å². The fourth-order valence-corrected chi connectivity index (χ4v) is 5.65. The van der Waals surface area contributed by atoms with Crippen LogP contribution in [0.3, 0.4) is 0 Å². The minimum absolute atomic E-state index is 0.275. The number of thiophene rings is 1. The molecule has 1 unspecified atom stereocenters. The highest BCUT2D eigenvalue weighted by Gasteiger charge is 2.16. The minimum atomic E-state index is 0.275.